The van der Waals surface area contributed by atoms with Gasteiger partial charge in [0.25, 0.3) is 5.91 Å². The number of hydrogen-bond acceptors (Lipinski definition) is 4. The maximum absolute atomic E-state index is 12.7. The first kappa shape index (κ1) is 19.5. The van der Waals surface area contributed by atoms with Gasteiger partial charge in [0.15, 0.2) is 0 Å². The summed E-state index contributed by atoms with van der Waals surface area (Å²) in [6, 6.07) is 6.86. The predicted octanol–water partition coefficient (Wildman–Crippen LogP) is 1.65. The summed E-state index contributed by atoms with van der Waals surface area (Å²) in [5, 5.41) is 9.02. The third-order valence-electron chi connectivity index (χ3n) is 4.39. The van der Waals surface area contributed by atoms with E-state index in [-0.39, 0.29) is 25.0 Å². The molecule has 0 atom stereocenters. The quantitative estimate of drug-likeness (QED) is 0.747. The highest BCUT2D eigenvalue weighted by Gasteiger charge is 2.28. The largest absolute Gasteiger partial charge is 0.489 e. The molecule has 1 aromatic rings. The van der Waals surface area contributed by atoms with Crippen LogP contribution in [0.1, 0.15) is 23.2 Å². The van der Waals surface area contributed by atoms with E-state index in [9.17, 15) is 14.4 Å². The molecule has 1 aliphatic heterocycles. The number of hydrogen-bond donors (Lipinski definition) is 1. The number of likely N-dealkylation sites (tertiary alicyclic amines) is 1. The van der Waals surface area contributed by atoms with Crippen LogP contribution >= 0.6 is 0 Å². The lowest BCUT2D eigenvalue weighted by molar-refractivity contribution is -0.145. The van der Waals surface area contributed by atoms with Crippen molar-refractivity contribution in [2.24, 2.45) is 5.92 Å². The Bertz CT molecular complexity index is 680. The van der Waals surface area contributed by atoms with Gasteiger partial charge in [-0.1, -0.05) is 24.8 Å². The molecule has 26 heavy (non-hydrogen) atoms. The molecule has 0 saturated carbocycles. The topological polar surface area (TPSA) is 87.2 Å². The number of carbonyl (C=O) groups is 3. The number of rotatable bonds is 7. The Kier molecular flexibility index (Phi) is 6.77. The Morgan fingerprint density at radius 2 is 1.96 bits per heavy atom. The van der Waals surface area contributed by atoms with E-state index in [0.29, 0.717) is 37.2 Å². The monoisotopic (exact) mass is 360 g/mol. The molecule has 7 heteroatoms. The number of carboxylic acids is 1. The molecular formula is C19H24N2O5. The van der Waals surface area contributed by atoms with Crippen LogP contribution in [0.25, 0.3) is 0 Å². The summed E-state index contributed by atoms with van der Waals surface area (Å²) >= 11 is 0. The van der Waals surface area contributed by atoms with Gasteiger partial charge >= 0.3 is 5.97 Å². The molecule has 0 aliphatic carbocycles. The highest BCUT2D eigenvalue weighted by molar-refractivity contribution is 5.98. The summed E-state index contributed by atoms with van der Waals surface area (Å²) in [5.74, 6) is -1.26. The Hall–Kier alpha value is -2.83. The van der Waals surface area contributed by atoms with Crippen LogP contribution in [-0.4, -0.2) is 66.0 Å². The second-order valence-electron chi connectivity index (χ2n) is 6.25. The Morgan fingerprint density at radius 1 is 1.31 bits per heavy atom. The second-order valence-corrected chi connectivity index (χ2v) is 6.25. The van der Waals surface area contributed by atoms with Crippen molar-refractivity contribution in [3.63, 3.8) is 0 Å². The molecule has 1 aromatic carbocycles. The molecule has 0 unspecified atom stereocenters. The number of carbonyl (C=O) groups excluding carboxylic acids is 2. The fraction of sp³-hybridized carbons (Fsp3) is 0.421. The van der Waals surface area contributed by atoms with Crippen LogP contribution in [0.4, 0.5) is 0 Å². The summed E-state index contributed by atoms with van der Waals surface area (Å²) in [7, 11) is 1.56. The number of aliphatic carboxylic acids is 1. The van der Waals surface area contributed by atoms with Crippen molar-refractivity contribution in [1.29, 1.82) is 0 Å². The molecule has 2 amide bonds. The number of para-hydroxylation sites is 1. The molecule has 1 fully saturated rings. The number of likely N-dealkylation sites (N-methyl/N-ethyl adjacent to an activating group) is 1. The zero-order valence-corrected chi connectivity index (χ0v) is 14.9. The average Bonchev–Trinajstić information content (AvgIpc) is 2.65. The zero-order chi connectivity index (χ0) is 19.1. The van der Waals surface area contributed by atoms with Crippen LogP contribution in [0.5, 0.6) is 5.75 Å². The minimum Gasteiger partial charge on any atom is -0.489 e. The molecule has 2 rings (SSSR count). The first-order valence-corrected chi connectivity index (χ1v) is 8.52. The Labute approximate surface area is 152 Å². The summed E-state index contributed by atoms with van der Waals surface area (Å²) in [4.78, 5) is 39.0. The van der Waals surface area contributed by atoms with E-state index in [1.54, 1.807) is 42.3 Å². The Balaban J connectivity index is 1.96. The van der Waals surface area contributed by atoms with Crippen molar-refractivity contribution in [3.05, 3.63) is 42.5 Å². The summed E-state index contributed by atoms with van der Waals surface area (Å²) < 4.78 is 5.50. The highest BCUT2D eigenvalue weighted by atomic mass is 16.5. The number of nitrogens with zero attached hydrogens (tertiary/aromatic N) is 2. The summed E-state index contributed by atoms with van der Waals surface area (Å²) in [6.07, 6.45) is 2.48. The van der Waals surface area contributed by atoms with Crippen molar-refractivity contribution < 1.29 is 24.2 Å². The van der Waals surface area contributed by atoms with Gasteiger partial charge in [-0.15, -0.1) is 0 Å². The maximum atomic E-state index is 12.7. The van der Waals surface area contributed by atoms with E-state index >= 15 is 0 Å². The van der Waals surface area contributed by atoms with Crippen molar-refractivity contribution in [2.45, 2.75) is 12.8 Å². The van der Waals surface area contributed by atoms with Crippen LogP contribution < -0.4 is 4.74 Å². The number of benzene rings is 1. The predicted molar refractivity (Wildman–Crippen MR) is 96.0 cm³/mol. The van der Waals surface area contributed by atoms with Gasteiger partial charge in [-0.3, -0.25) is 14.4 Å². The van der Waals surface area contributed by atoms with Crippen molar-refractivity contribution in [3.8, 4) is 5.75 Å². The molecule has 1 saturated heterocycles. The van der Waals surface area contributed by atoms with E-state index in [4.69, 9.17) is 9.84 Å². The molecular weight excluding hydrogens is 336 g/mol. The maximum Gasteiger partial charge on any atom is 0.306 e. The first-order valence-electron chi connectivity index (χ1n) is 8.52. The summed E-state index contributed by atoms with van der Waals surface area (Å²) in [5.41, 5.74) is 0.384. The number of amides is 2. The SMILES string of the molecule is C=CCOc1ccccc1C(=O)N(C)CC(=O)N1CCC(C(=O)O)CC1. The third-order valence-corrected chi connectivity index (χ3v) is 4.39. The molecule has 0 radical (unpaired) electrons. The standard InChI is InChI=1S/C19H24N2O5/c1-3-12-26-16-7-5-4-6-15(16)18(23)20(2)13-17(22)21-10-8-14(9-11-21)19(24)25/h3-7,14H,1,8-13H2,2H3,(H,24,25). The molecule has 0 spiro atoms. The van der Waals surface area contributed by atoms with Gasteiger partial charge in [0, 0.05) is 20.1 Å². The van der Waals surface area contributed by atoms with Crippen LogP contribution in [-0.2, 0) is 9.59 Å². The highest BCUT2D eigenvalue weighted by Crippen LogP contribution is 2.20. The van der Waals surface area contributed by atoms with Crippen molar-refractivity contribution >= 4 is 17.8 Å². The molecule has 1 aliphatic rings. The van der Waals surface area contributed by atoms with E-state index in [0.717, 1.165) is 0 Å². The van der Waals surface area contributed by atoms with Crippen LogP contribution in [0, 0.1) is 5.92 Å². The van der Waals surface area contributed by atoms with Gasteiger partial charge in [-0.05, 0) is 25.0 Å². The molecule has 0 bridgehead atoms. The fourth-order valence-corrected chi connectivity index (χ4v) is 2.87. The van der Waals surface area contributed by atoms with Crippen molar-refractivity contribution in [1.82, 2.24) is 9.80 Å². The lowest BCUT2D eigenvalue weighted by Gasteiger charge is -2.31. The van der Waals surface area contributed by atoms with Crippen LogP contribution in [0.2, 0.25) is 0 Å². The average molecular weight is 360 g/mol. The number of piperidine rings is 1. The molecule has 7 nitrogen and oxygen atoms in total. The van der Waals surface area contributed by atoms with E-state index < -0.39 is 11.9 Å². The lowest BCUT2D eigenvalue weighted by Crippen LogP contribution is -2.45. The molecule has 0 aromatic heterocycles. The minimum atomic E-state index is -0.819. The van der Waals surface area contributed by atoms with Crippen molar-refractivity contribution in [2.75, 3.05) is 33.3 Å². The van der Waals surface area contributed by atoms with Crippen LogP contribution in [0.15, 0.2) is 36.9 Å². The van der Waals surface area contributed by atoms with E-state index in [1.807, 2.05) is 0 Å². The number of carboxylic acid groups (broad SMARTS) is 1. The van der Waals surface area contributed by atoms with Gasteiger partial charge in [-0.2, -0.15) is 0 Å². The van der Waals surface area contributed by atoms with Gasteiger partial charge in [0.1, 0.15) is 12.4 Å². The molecule has 1 N–H and O–H groups in total. The first-order chi connectivity index (χ1) is 12.4. The molecule has 140 valence electrons. The zero-order valence-electron chi connectivity index (χ0n) is 14.9. The third kappa shape index (κ3) is 4.84. The van der Waals surface area contributed by atoms with Crippen LogP contribution in [0.3, 0.4) is 0 Å². The summed E-state index contributed by atoms with van der Waals surface area (Å²) in [6.45, 7) is 4.60. The minimum absolute atomic E-state index is 0.0631. The molecule has 1 heterocycles. The lowest BCUT2D eigenvalue weighted by atomic mass is 9.97. The Morgan fingerprint density at radius 3 is 2.58 bits per heavy atom. The fourth-order valence-electron chi connectivity index (χ4n) is 2.87. The number of ether oxygens (including phenoxy) is 1. The smallest absolute Gasteiger partial charge is 0.306 e. The second kappa shape index (κ2) is 9.03. The van der Waals surface area contributed by atoms with Gasteiger partial charge in [0.2, 0.25) is 5.91 Å². The van der Waals surface area contributed by atoms with E-state index in [1.165, 1.54) is 4.90 Å². The van der Waals surface area contributed by atoms with Gasteiger partial charge < -0.3 is 19.6 Å². The normalized spacial score (nSPS) is 14.6. The van der Waals surface area contributed by atoms with Gasteiger partial charge in [-0.25, -0.2) is 0 Å². The van der Waals surface area contributed by atoms with Gasteiger partial charge in [0.05, 0.1) is 18.0 Å². The van der Waals surface area contributed by atoms with E-state index in [2.05, 4.69) is 6.58 Å².